The fourth-order valence-electron chi connectivity index (χ4n) is 1.37. The third kappa shape index (κ3) is 3.55. The van der Waals surface area contributed by atoms with Crippen LogP contribution in [0.25, 0.3) is 0 Å². The average molecular weight is 213 g/mol. The van der Waals surface area contributed by atoms with Gasteiger partial charge in [0, 0.05) is 6.54 Å². The molecule has 0 aromatic heterocycles. The van der Waals surface area contributed by atoms with Crippen molar-refractivity contribution < 1.29 is 14.6 Å². The molecule has 1 atom stereocenters. The summed E-state index contributed by atoms with van der Waals surface area (Å²) in [6.45, 7) is 10.1. The summed E-state index contributed by atoms with van der Waals surface area (Å²) < 4.78 is 5.21. The Morgan fingerprint density at radius 2 is 2.20 bits per heavy atom. The molecule has 1 N–H and O–H groups in total. The fraction of sp³-hybridized carbons (Fsp3) is 0.727. The van der Waals surface area contributed by atoms with Gasteiger partial charge in [0.15, 0.2) is 0 Å². The topological polar surface area (TPSA) is 49.8 Å². The lowest BCUT2D eigenvalue weighted by Crippen LogP contribution is -2.45. The molecular weight excluding hydrogens is 194 g/mol. The average Bonchev–Trinajstić information content (AvgIpc) is 2.06. The number of likely N-dealkylation sites (tertiary alicyclic amines) is 1. The zero-order valence-electron chi connectivity index (χ0n) is 9.62. The Balaban J connectivity index is 2.51. The lowest BCUT2D eigenvalue weighted by Gasteiger charge is -2.33. The molecule has 1 heterocycles. The van der Waals surface area contributed by atoms with Gasteiger partial charge in [-0.05, 0) is 32.8 Å². The maximum atomic E-state index is 11.6. The van der Waals surface area contributed by atoms with Crippen molar-refractivity contribution in [3.05, 3.63) is 12.2 Å². The van der Waals surface area contributed by atoms with Crippen molar-refractivity contribution in [1.29, 1.82) is 0 Å². The van der Waals surface area contributed by atoms with Crippen LogP contribution in [0.5, 0.6) is 0 Å². The summed E-state index contributed by atoms with van der Waals surface area (Å²) in [4.78, 5) is 13.1. The van der Waals surface area contributed by atoms with Crippen LogP contribution in [0.2, 0.25) is 0 Å². The molecule has 0 unspecified atom stereocenters. The van der Waals surface area contributed by atoms with Crippen LogP contribution in [-0.4, -0.2) is 40.9 Å². The van der Waals surface area contributed by atoms with Gasteiger partial charge in [-0.2, -0.15) is 0 Å². The number of aliphatic hydroxyl groups is 1. The number of amides is 1. The minimum Gasteiger partial charge on any atom is -0.444 e. The van der Waals surface area contributed by atoms with E-state index in [0.29, 0.717) is 13.0 Å². The van der Waals surface area contributed by atoms with E-state index in [9.17, 15) is 9.90 Å². The summed E-state index contributed by atoms with van der Waals surface area (Å²) in [7, 11) is 0. The van der Waals surface area contributed by atoms with Crippen molar-refractivity contribution in [3.8, 4) is 0 Å². The van der Waals surface area contributed by atoms with E-state index < -0.39 is 11.7 Å². The van der Waals surface area contributed by atoms with Gasteiger partial charge in [-0.25, -0.2) is 4.79 Å². The molecule has 1 rings (SSSR count). The number of piperidine rings is 1. The van der Waals surface area contributed by atoms with Gasteiger partial charge in [0.05, 0.1) is 12.6 Å². The van der Waals surface area contributed by atoms with Crippen LogP contribution in [0, 0.1) is 0 Å². The van der Waals surface area contributed by atoms with Gasteiger partial charge < -0.3 is 14.7 Å². The van der Waals surface area contributed by atoms with E-state index >= 15 is 0 Å². The highest BCUT2D eigenvalue weighted by Gasteiger charge is 2.28. The SMILES string of the molecule is C=C1CCN(C(=O)OC(C)(C)C)C[C@@H]1O. The highest BCUT2D eigenvalue weighted by molar-refractivity contribution is 5.68. The molecule has 1 aliphatic rings. The number of hydrogen-bond donors (Lipinski definition) is 1. The summed E-state index contributed by atoms with van der Waals surface area (Å²) >= 11 is 0. The van der Waals surface area contributed by atoms with Crippen molar-refractivity contribution in [3.63, 3.8) is 0 Å². The van der Waals surface area contributed by atoms with Gasteiger partial charge in [0.1, 0.15) is 5.60 Å². The number of nitrogens with zero attached hydrogens (tertiary/aromatic N) is 1. The first kappa shape index (κ1) is 12.0. The zero-order valence-corrected chi connectivity index (χ0v) is 9.62. The molecule has 0 aliphatic carbocycles. The third-order valence-electron chi connectivity index (χ3n) is 2.22. The Bertz CT molecular complexity index is 267. The van der Waals surface area contributed by atoms with Crippen LogP contribution in [0.3, 0.4) is 0 Å². The first-order chi connectivity index (χ1) is 6.79. The van der Waals surface area contributed by atoms with E-state index in [4.69, 9.17) is 4.74 Å². The summed E-state index contributed by atoms with van der Waals surface area (Å²) in [5, 5.41) is 9.55. The van der Waals surface area contributed by atoms with Gasteiger partial charge in [-0.3, -0.25) is 0 Å². The summed E-state index contributed by atoms with van der Waals surface area (Å²) in [6, 6.07) is 0. The van der Waals surface area contributed by atoms with E-state index in [1.165, 1.54) is 4.90 Å². The second kappa shape index (κ2) is 4.23. The van der Waals surface area contributed by atoms with Crippen molar-refractivity contribution in [1.82, 2.24) is 4.90 Å². The lowest BCUT2D eigenvalue weighted by molar-refractivity contribution is 0.0126. The smallest absolute Gasteiger partial charge is 0.410 e. The molecule has 0 saturated carbocycles. The Morgan fingerprint density at radius 3 is 2.67 bits per heavy atom. The quantitative estimate of drug-likeness (QED) is 0.621. The van der Waals surface area contributed by atoms with Crippen LogP contribution in [0.1, 0.15) is 27.2 Å². The van der Waals surface area contributed by atoms with Crippen LogP contribution >= 0.6 is 0 Å². The molecule has 1 saturated heterocycles. The number of β-amino-alcohol motifs (C(OH)–C–C–N with tert-alkyl or cyclic N) is 1. The maximum absolute atomic E-state index is 11.6. The predicted octanol–water partition coefficient (Wildman–Crippen LogP) is 1.54. The molecule has 0 radical (unpaired) electrons. The Hall–Kier alpha value is -1.03. The normalized spacial score (nSPS) is 22.8. The predicted molar refractivity (Wildman–Crippen MR) is 57.6 cm³/mol. The largest absolute Gasteiger partial charge is 0.444 e. The highest BCUT2D eigenvalue weighted by atomic mass is 16.6. The van der Waals surface area contributed by atoms with E-state index in [-0.39, 0.29) is 12.6 Å². The molecule has 0 aromatic carbocycles. The minimum absolute atomic E-state index is 0.285. The Morgan fingerprint density at radius 1 is 1.60 bits per heavy atom. The second-order valence-corrected chi connectivity index (χ2v) is 4.85. The lowest BCUT2D eigenvalue weighted by atomic mass is 10.0. The van der Waals surface area contributed by atoms with Gasteiger partial charge in [0.2, 0.25) is 0 Å². The summed E-state index contributed by atoms with van der Waals surface area (Å²) in [5.41, 5.74) is 0.297. The highest BCUT2D eigenvalue weighted by Crippen LogP contribution is 2.17. The molecule has 15 heavy (non-hydrogen) atoms. The van der Waals surface area contributed by atoms with Gasteiger partial charge in [-0.1, -0.05) is 6.58 Å². The summed E-state index contributed by atoms with van der Waals surface area (Å²) in [5.74, 6) is 0. The monoisotopic (exact) mass is 213 g/mol. The molecule has 0 aromatic rings. The van der Waals surface area contributed by atoms with E-state index in [1.807, 2.05) is 20.8 Å². The van der Waals surface area contributed by atoms with E-state index in [2.05, 4.69) is 6.58 Å². The van der Waals surface area contributed by atoms with E-state index in [1.54, 1.807) is 0 Å². The first-order valence-electron chi connectivity index (χ1n) is 5.13. The number of ether oxygens (including phenoxy) is 1. The number of rotatable bonds is 0. The van der Waals surface area contributed by atoms with Crippen molar-refractivity contribution in [2.24, 2.45) is 0 Å². The standard InChI is InChI=1S/C11H19NO3/c1-8-5-6-12(7-9(8)13)10(14)15-11(2,3)4/h9,13H,1,5-7H2,2-4H3/t9-/m0/s1. The molecule has 86 valence electrons. The first-order valence-corrected chi connectivity index (χ1v) is 5.13. The number of carbonyl (C=O) groups excluding carboxylic acids is 1. The third-order valence-corrected chi connectivity index (χ3v) is 2.22. The molecule has 0 bridgehead atoms. The molecular formula is C11H19NO3. The number of carbonyl (C=O) groups is 1. The van der Waals surface area contributed by atoms with Gasteiger partial charge >= 0.3 is 6.09 Å². The molecule has 4 nitrogen and oxygen atoms in total. The Kier molecular flexibility index (Phi) is 3.39. The van der Waals surface area contributed by atoms with Gasteiger partial charge in [0.25, 0.3) is 0 Å². The van der Waals surface area contributed by atoms with Crippen molar-refractivity contribution >= 4 is 6.09 Å². The van der Waals surface area contributed by atoms with Crippen molar-refractivity contribution in [2.75, 3.05) is 13.1 Å². The Labute approximate surface area is 90.5 Å². The van der Waals surface area contributed by atoms with Gasteiger partial charge in [-0.15, -0.1) is 0 Å². The maximum Gasteiger partial charge on any atom is 0.410 e. The molecule has 0 spiro atoms. The number of hydrogen-bond acceptors (Lipinski definition) is 3. The molecule has 1 aliphatic heterocycles. The van der Waals surface area contributed by atoms with Crippen LogP contribution in [0.4, 0.5) is 4.79 Å². The van der Waals surface area contributed by atoms with Crippen LogP contribution in [0.15, 0.2) is 12.2 Å². The van der Waals surface area contributed by atoms with E-state index in [0.717, 1.165) is 5.57 Å². The molecule has 1 fully saturated rings. The second-order valence-electron chi connectivity index (χ2n) is 4.85. The zero-order chi connectivity index (χ0) is 11.6. The molecule has 4 heteroatoms. The van der Waals surface area contributed by atoms with Crippen LogP contribution in [-0.2, 0) is 4.74 Å². The fourth-order valence-corrected chi connectivity index (χ4v) is 1.37. The van der Waals surface area contributed by atoms with Crippen LogP contribution < -0.4 is 0 Å². The molecule has 1 amide bonds. The summed E-state index contributed by atoms with van der Waals surface area (Å²) in [6.07, 6.45) is -0.347. The number of aliphatic hydroxyl groups excluding tert-OH is 1. The minimum atomic E-state index is -0.619. The van der Waals surface area contributed by atoms with Crippen molar-refractivity contribution in [2.45, 2.75) is 38.9 Å².